The van der Waals surface area contributed by atoms with Crippen LogP contribution in [0.3, 0.4) is 0 Å². The second-order valence-electron chi connectivity index (χ2n) is 5.97. The fraction of sp³-hybridized carbons (Fsp3) is 0.611. The number of carbonyl (C=O) groups is 1. The van der Waals surface area contributed by atoms with Gasteiger partial charge in [-0.3, -0.25) is 4.79 Å². The standard InChI is InChI=1S/C18H28N2O2.ClH/c1-22-16-11-9-15(10-12-16)17-7-6-14-20(17)18(21)8-4-2-3-5-13-19;/h9-12,17H,2-8,13-14,19H2,1H3;1H. The molecular formula is C18H29ClN2O2. The van der Waals surface area contributed by atoms with E-state index in [1.54, 1.807) is 7.11 Å². The second kappa shape index (κ2) is 10.5. The van der Waals surface area contributed by atoms with Crippen molar-refractivity contribution < 1.29 is 9.53 Å². The van der Waals surface area contributed by atoms with E-state index in [9.17, 15) is 4.79 Å². The number of carbonyl (C=O) groups excluding carboxylic acids is 1. The van der Waals surface area contributed by atoms with E-state index in [-0.39, 0.29) is 18.4 Å². The van der Waals surface area contributed by atoms with Gasteiger partial charge < -0.3 is 15.4 Å². The molecule has 1 saturated heterocycles. The average molecular weight is 341 g/mol. The van der Waals surface area contributed by atoms with Crippen molar-refractivity contribution in [2.75, 3.05) is 20.2 Å². The number of nitrogens with two attached hydrogens (primary N) is 1. The molecule has 0 spiro atoms. The molecule has 0 radical (unpaired) electrons. The first-order chi connectivity index (χ1) is 10.8. The summed E-state index contributed by atoms with van der Waals surface area (Å²) >= 11 is 0. The second-order valence-corrected chi connectivity index (χ2v) is 5.97. The maximum atomic E-state index is 12.5. The van der Waals surface area contributed by atoms with Gasteiger partial charge in [-0.05, 0) is 49.9 Å². The molecule has 2 rings (SSSR count). The highest BCUT2D eigenvalue weighted by Gasteiger charge is 2.29. The van der Waals surface area contributed by atoms with Gasteiger partial charge in [0.25, 0.3) is 0 Å². The number of hydrogen-bond acceptors (Lipinski definition) is 3. The van der Waals surface area contributed by atoms with Crippen LogP contribution in [0.2, 0.25) is 0 Å². The fourth-order valence-corrected chi connectivity index (χ4v) is 3.16. The fourth-order valence-electron chi connectivity index (χ4n) is 3.16. The Labute approximate surface area is 145 Å². The summed E-state index contributed by atoms with van der Waals surface area (Å²) in [4.78, 5) is 14.5. The Morgan fingerprint density at radius 1 is 1.22 bits per heavy atom. The molecule has 1 aliphatic heterocycles. The molecule has 1 amide bonds. The third-order valence-corrected chi connectivity index (χ3v) is 4.42. The lowest BCUT2D eigenvalue weighted by Gasteiger charge is -2.25. The number of methoxy groups -OCH3 is 1. The number of amides is 1. The summed E-state index contributed by atoms with van der Waals surface area (Å²) in [5.74, 6) is 1.16. The molecular weight excluding hydrogens is 312 g/mol. The lowest BCUT2D eigenvalue weighted by atomic mass is 10.0. The normalized spacial score (nSPS) is 17.0. The first-order valence-corrected chi connectivity index (χ1v) is 8.39. The van der Waals surface area contributed by atoms with Crippen molar-refractivity contribution in [3.63, 3.8) is 0 Å². The van der Waals surface area contributed by atoms with Crippen molar-refractivity contribution in [3.05, 3.63) is 29.8 Å². The number of unbranched alkanes of at least 4 members (excludes halogenated alkanes) is 3. The maximum Gasteiger partial charge on any atom is 0.223 e. The zero-order valence-corrected chi connectivity index (χ0v) is 14.8. The summed E-state index contributed by atoms with van der Waals surface area (Å²) in [6.07, 6.45) is 7.09. The lowest BCUT2D eigenvalue weighted by molar-refractivity contribution is -0.132. The zero-order chi connectivity index (χ0) is 15.8. The van der Waals surface area contributed by atoms with Gasteiger partial charge in [0.1, 0.15) is 5.75 Å². The smallest absolute Gasteiger partial charge is 0.223 e. The average Bonchev–Trinajstić information content (AvgIpc) is 3.04. The molecule has 1 heterocycles. The van der Waals surface area contributed by atoms with Gasteiger partial charge in [-0.2, -0.15) is 0 Å². The summed E-state index contributed by atoms with van der Waals surface area (Å²) in [6.45, 7) is 1.64. The molecule has 1 atom stereocenters. The SMILES string of the molecule is COc1ccc(C2CCCN2C(=O)CCCCCCN)cc1.Cl. The summed E-state index contributed by atoms with van der Waals surface area (Å²) in [5, 5.41) is 0. The molecule has 1 aliphatic rings. The highest BCUT2D eigenvalue weighted by atomic mass is 35.5. The van der Waals surface area contributed by atoms with E-state index >= 15 is 0 Å². The number of benzene rings is 1. The number of halogens is 1. The Morgan fingerprint density at radius 3 is 2.57 bits per heavy atom. The molecule has 2 N–H and O–H groups in total. The van der Waals surface area contributed by atoms with E-state index in [1.165, 1.54) is 5.56 Å². The predicted octanol–water partition coefficient (Wildman–Crippen LogP) is 3.69. The Kier molecular flexibility index (Phi) is 9.03. The number of ether oxygens (including phenoxy) is 1. The van der Waals surface area contributed by atoms with Crippen LogP contribution < -0.4 is 10.5 Å². The quantitative estimate of drug-likeness (QED) is 0.734. The van der Waals surface area contributed by atoms with Crippen molar-refractivity contribution in [2.45, 2.75) is 51.0 Å². The number of nitrogens with zero attached hydrogens (tertiary/aromatic N) is 1. The predicted molar refractivity (Wildman–Crippen MR) is 96.1 cm³/mol. The van der Waals surface area contributed by atoms with Crippen molar-refractivity contribution in [1.82, 2.24) is 4.90 Å². The van der Waals surface area contributed by atoms with Crippen molar-refractivity contribution in [2.24, 2.45) is 5.73 Å². The summed E-state index contributed by atoms with van der Waals surface area (Å²) in [6, 6.07) is 8.35. The molecule has 1 unspecified atom stereocenters. The maximum absolute atomic E-state index is 12.5. The summed E-state index contributed by atoms with van der Waals surface area (Å²) in [5.41, 5.74) is 6.71. The van der Waals surface area contributed by atoms with Crippen LogP contribution in [0.5, 0.6) is 5.75 Å². The summed E-state index contributed by atoms with van der Waals surface area (Å²) < 4.78 is 5.20. The largest absolute Gasteiger partial charge is 0.497 e. The molecule has 1 fully saturated rings. The Hall–Kier alpha value is -1.26. The van der Waals surface area contributed by atoms with Gasteiger partial charge >= 0.3 is 0 Å². The molecule has 0 bridgehead atoms. The van der Waals surface area contributed by atoms with E-state index in [0.717, 1.165) is 57.4 Å². The number of hydrogen-bond donors (Lipinski definition) is 1. The van der Waals surface area contributed by atoms with Crippen LogP contribution in [0.4, 0.5) is 0 Å². The Balaban J connectivity index is 0.00000264. The van der Waals surface area contributed by atoms with Gasteiger partial charge in [-0.25, -0.2) is 0 Å². The Bertz CT molecular complexity index is 465. The van der Waals surface area contributed by atoms with Crippen LogP contribution in [0.1, 0.15) is 56.6 Å². The molecule has 23 heavy (non-hydrogen) atoms. The van der Waals surface area contributed by atoms with Gasteiger partial charge in [-0.1, -0.05) is 25.0 Å². The van der Waals surface area contributed by atoms with Crippen LogP contribution in [0.25, 0.3) is 0 Å². The van der Waals surface area contributed by atoms with Crippen LogP contribution in [0, 0.1) is 0 Å². The zero-order valence-electron chi connectivity index (χ0n) is 14.0. The minimum atomic E-state index is 0. The Morgan fingerprint density at radius 2 is 1.91 bits per heavy atom. The number of rotatable bonds is 8. The molecule has 0 aromatic heterocycles. The molecule has 0 saturated carbocycles. The van der Waals surface area contributed by atoms with Gasteiger partial charge in [0.05, 0.1) is 13.2 Å². The van der Waals surface area contributed by atoms with E-state index in [4.69, 9.17) is 10.5 Å². The monoisotopic (exact) mass is 340 g/mol. The van der Waals surface area contributed by atoms with Gasteiger partial charge in [-0.15, -0.1) is 12.4 Å². The molecule has 130 valence electrons. The first kappa shape index (κ1) is 19.8. The van der Waals surface area contributed by atoms with Crippen molar-refractivity contribution >= 4 is 18.3 Å². The van der Waals surface area contributed by atoms with Gasteiger partial charge in [0, 0.05) is 13.0 Å². The molecule has 0 aliphatic carbocycles. The van der Waals surface area contributed by atoms with Crippen LogP contribution in [0.15, 0.2) is 24.3 Å². The lowest BCUT2D eigenvalue weighted by Crippen LogP contribution is -2.30. The van der Waals surface area contributed by atoms with Crippen LogP contribution in [-0.2, 0) is 4.79 Å². The minimum Gasteiger partial charge on any atom is -0.497 e. The number of likely N-dealkylation sites (tertiary alicyclic amines) is 1. The van der Waals surface area contributed by atoms with Crippen LogP contribution in [-0.4, -0.2) is 31.0 Å². The van der Waals surface area contributed by atoms with Crippen molar-refractivity contribution in [3.8, 4) is 5.75 Å². The van der Waals surface area contributed by atoms with E-state index < -0.39 is 0 Å². The third kappa shape index (κ3) is 5.70. The topological polar surface area (TPSA) is 55.6 Å². The summed E-state index contributed by atoms with van der Waals surface area (Å²) in [7, 11) is 1.67. The molecule has 1 aromatic rings. The highest BCUT2D eigenvalue weighted by Crippen LogP contribution is 2.33. The highest BCUT2D eigenvalue weighted by molar-refractivity contribution is 5.85. The van der Waals surface area contributed by atoms with Crippen molar-refractivity contribution in [1.29, 1.82) is 0 Å². The van der Waals surface area contributed by atoms with Crippen LogP contribution >= 0.6 is 12.4 Å². The van der Waals surface area contributed by atoms with E-state index in [2.05, 4.69) is 17.0 Å². The third-order valence-electron chi connectivity index (χ3n) is 4.42. The van der Waals surface area contributed by atoms with E-state index in [0.29, 0.717) is 12.3 Å². The molecule has 1 aromatic carbocycles. The minimum absolute atomic E-state index is 0. The molecule has 5 heteroatoms. The van der Waals surface area contributed by atoms with Gasteiger partial charge in [0.2, 0.25) is 5.91 Å². The van der Waals surface area contributed by atoms with Gasteiger partial charge in [0.15, 0.2) is 0 Å². The molecule has 4 nitrogen and oxygen atoms in total. The van der Waals surface area contributed by atoms with E-state index in [1.807, 2.05) is 12.1 Å². The first-order valence-electron chi connectivity index (χ1n) is 8.39.